The summed E-state index contributed by atoms with van der Waals surface area (Å²) >= 11 is 0. The monoisotopic (exact) mass is 261 g/mol. The van der Waals surface area contributed by atoms with Crippen molar-refractivity contribution < 1.29 is 14.3 Å². The molecule has 1 atom stereocenters. The van der Waals surface area contributed by atoms with Crippen LogP contribution in [0.15, 0.2) is 24.3 Å². The standard InChI is InChI=1S/C15H19NO3/c1-5-11-16-15(3,14(17)19-6-2)12-7-9-13(18-4)10-8-12/h1,7-10,16H,6,11H2,2-4H3. The predicted molar refractivity (Wildman–Crippen MR) is 73.8 cm³/mol. The van der Waals surface area contributed by atoms with Crippen molar-refractivity contribution in [3.05, 3.63) is 29.8 Å². The van der Waals surface area contributed by atoms with E-state index in [9.17, 15) is 4.79 Å². The maximum atomic E-state index is 12.1. The Kier molecular flexibility index (Phi) is 5.40. The molecule has 0 fully saturated rings. The average Bonchev–Trinajstić information content (AvgIpc) is 2.45. The summed E-state index contributed by atoms with van der Waals surface area (Å²) < 4.78 is 10.2. The van der Waals surface area contributed by atoms with Gasteiger partial charge in [0.05, 0.1) is 20.3 Å². The summed E-state index contributed by atoms with van der Waals surface area (Å²) in [7, 11) is 1.59. The highest BCUT2D eigenvalue weighted by Gasteiger charge is 2.36. The van der Waals surface area contributed by atoms with Gasteiger partial charge in [0.25, 0.3) is 0 Å². The highest BCUT2D eigenvalue weighted by Crippen LogP contribution is 2.24. The molecule has 0 bridgehead atoms. The largest absolute Gasteiger partial charge is 0.497 e. The van der Waals surface area contributed by atoms with E-state index in [0.717, 1.165) is 11.3 Å². The molecule has 0 amide bonds. The lowest BCUT2D eigenvalue weighted by atomic mass is 9.92. The number of ether oxygens (including phenoxy) is 2. The molecule has 0 aromatic heterocycles. The van der Waals surface area contributed by atoms with Gasteiger partial charge < -0.3 is 9.47 Å². The molecule has 1 unspecified atom stereocenters. The second-order valence-corrected chi connectivity index (χ2v) is 4.13. The number of terminal acetylenes is 1. The molecule has 0 heterocycles. The van der Waals surface area contributed by atoms with Crippen LogP contribution < -0.4 is 10.1 Å². The highest BCUT2D eigenvalue weighted by atomic mass is 16.5. The molecule has 0 radical (unpaired) electrons. The summed E-state index contributed by atoms with van der Waals surface area (Å²) in [6.07, 6.45) is 5.25. The fourth-order valence-electron chi connectivity index (χ4n) is 1.72. The minimum atomic E-state index is -0.964. The first-order valence-electron chi connectivity index (χ1n) is 6.08. The van der Waals surface area contributed by atoms with E-state index in [2.05, 4.69) is 11.2 Å². The van der Waals surface area contributed by atoms with Crippen molar-refractivity contribution in [2.24, 2.45) is 0 Å². The minimum Gasteiger partial charge on any atom is -0.497 e. The molecule has 1 aromatic carbocycles. The number of carbonyl (C=O) groups is 1. The van der Waals surface area contributed by atoms with Gasteiger partial charge >= 0.3 is 5.97 Å². The molecular formula is C15H19NO3. The van der Waals surface area contributed by atoms with Gasteiger partial charge in [0.1, 0.15) is 11.3 Å². The van der Waals surface area contributed by atoms with Crippen LogP contribution in [0, 0.1) is 12.3 Å². The molecule has 1 N–H and O–H groups in total. The zero-order chi connectivity index (χ0) is 14.3. The van der Waals surface area contributed by atoms with Crippen LogP contribution in [0.25, 0.3) is 0 Å². The number of benzene rings is 1. The van der Waals surface area contributed by atoms with Gasteiger partial charge in [-0.25, -0.2) is 4.79 Å². The Morgan fingerprint density at radius 2 is 2.05 bits per heavy atom. The Balaban J connectivity index is 3.07. The van der Waals surface area contributed by atoms with Gasteiger partial charge in [0.2, 0.25) is 0 Å². The van der Waals surface area contributed by atoms with Crippen molar-refractivity contribution in [1.82, 2.24) is 5.32 Å². The quantitative estimate of drug-likeness (QED) is 0.625. The Hall–Kier alpha value is -1.99. The van der Waals surface area contributed by atoms with Crippen molar-refractivity contribution in [2.75, 3.05) is 20.3 Å². The highest BCUT2D eigenvalue weighted by molar-refractivity contribution is 5.82. The summed E-state index contributed by atoms with van der Waals surface area (Å²) in [4.78, 5) is 12.1. The number of nitrogens with one attached hydrogen (secondary N) is 1. The Labute approximate surface area is 114 Å². The second kappa shape index (κ2) is 6.81. The lowest BCUT2D eigenvalue weighted by Gasteiger charge is -2.28. The van der Waals surface area contributed by atoms with Crippen molar-refractivity contribution in [3.63, 3.8) is 0 Å². The molecular weight excluding hydrogens is 242 g/mol. The van der Waals surface area contributed by atoms with E-state index in [-0.39, 0.29) is 12.5 Å². The van der Waals surface area contributed by atoms with E-state index in [0.29, 0.717) is 6.61 Å². The molecule has 4 nitrogen and oxygen atoms in total. The summed E-state index contributed by atoms with van der Waals surface area (Å²) in [6.45, 7) is 4.13. The lowest BCUT2D eigenvalue weighted by Crippen LogP contribution is -2.47. The molecule has 0 saturated carbocycles. The molecule has 0 aliphatic carbocycles. The number of rotatable bonds is 6. The van der Waals surface area contributed by atoms with E-state index < -0.39 is 5.54 Å². The van der Waals surface area contributed by atoms with Crippen molar-refractivity contribution in [3.8, 4) is 18.1 Å². The number of carbonyl (C=O) groups excluding carboxylic acids is 1. The first-order chi connectivity index (χ1) is 9.08. The normalized spacial score (nSPS) is 13.2. The Morgan fingerprint density at radius 1 is 1.42 bits per heavy atom. The molecule has 0 aliphatic heterocycles. The van der Waals surface area contributed by atoms with Gasteiger partial charge in [-0.15, -0.1) is 6.42 Å². The average molecular weight is 261 g/mol. The minimum absolute atomic E-state index is 0.279. The van der Waals surface area contributed by atoms with Gasteiger partial charge in [0, 0.05) is 0 Å². The third-order valence-corrected chi connectivity index (χ3v) is 2.90. The first kappa shape index (κ1) is 15.1. The number of methoxy groups -OCH3 is 1. The molecule has 102 valence electrons. The topological polar surface area (TPSA) is 47.6 Å². The van der Waals surface area contributed by atoms with Gasteiger partial charge in [-0.05, 0) is 31.5 Å². The molecule has 19 heavy (non-hydrogen) atoms. The fourth-order valence-corrected chi connectivity index (χ4v) is 1.72. The van der Waals surface area contributed by atoms with Gasteiger partial charge in [-0.2, -0.15) is 0 Å². The van der Waals surface area contributed by atoms with Crippen molar-refractivity contribution in [2.45, 2.75) is 19.4 Å². The van der Waals surface area contributed by atoms with E-state index in [1.165, 1.54) is 0 Å². The number of esters is 1. The third-order valence-electron chi connectivity index (χ3n) is 2.90. The van der Waals surface area contributed by atoms with Crippen LogP contribution in [0.2, 0.25) is 0 Å². The number of hydrogen-bond donors (Lipinski definition) is 1. The van der Waals surface area contributed by atoms with Crippen LogP contribution in [-0.4, -0.2) is 26.2 Å². The van der Waals surface area contributed by atoms with Crippen LogP contribution in [0.1, 0.15) is 19.4 Å². The zero-order valence-corrected chi connectivity index (χ0v) is 11.5. The van der Waals surface area contributed by atoms with Crippen LogP contribution in [0.4, 0.5) is 0 Å². The second-order valence-electron chi connectivity index (χ2n) is 4.13. The van der Waals surface area contributed by atoms with Gasteiger partial charge in [-0.1, -0.05) is 18.1 Å². The Bertz CT molecular complexity index is 461. The van der Waals surface area contributed by atoms with E-state index in [1.54, 1.807) is 33.1 Å². The molecule has 0 saturated heterocycles. The first-order valence-corrected chi connectivity index (χ1v) is 6.08. The molecule has 1 aromatic rings. The molecule has 0 spiro atoms. The maximum Gasteiger partial charge on any atom is 0.330 e. The van der Waals surface area contributed by atoms with Crippen LogP contribution in [0.3, 0.4) is 0 Å². The van der Waals surface area contributed by atoms with E-state index in [1.807, 2.05) is 12.1 Å². The zero-order valence-electron chi connectivity index (χ0n) is 11.5. The SMILES string of the molecule is C#CCNC(C)(C(=O)OCC)c1ccc(OC)cc1. The molecule has 0 aliphatic rings. The number of hydrogen-bond acceptors (Lipinski definition) is 4. The van der Waals surface area contributed by atoms with Crippen LogP contribution in [-0.2, 0) is 15.1 Å². The predicted octanol–water partition coefficient (Wildman–Crippen LogP) is 1.70. The van der Waals surface area contributed by atoms with Gasteiger partial charge in [0.15, 0.2) is 0 Å². The summed E-state index contributed by atoms with van der Waals surface area (Å²) in [5, 5.41) is 3.03. The third kappa shape index (κ3) is 3.49. The fraction of sp³-hybridized carbons (Fsp3) is 0.400. The maximum absolute atomic E-state index is 12.1. The summed E-state index contributed by atoms with van der Waals surface area (Å²) in [6, 6.07) is 7.23. The summed E-state index contributed by atoms with van der Waals surface area (Å²) in [5.41, 5.74) is -0.184. The molecule has 4 heteroatoms. The van der Waals surface area contributed by atoms with Crippen molar-refractivity contribution >= 4 is 5.97 Å². The molecule has 1 rings (SSSR count). The smallest absolute Gasteiger partial charge is 0.330 e. The van der Waals surface area contributed by atoms with Crippen molar-refractivity contribution in [1.29, 1.82) is 0 Å². The van der Waals surface area contributed by atoms with Crippen LogP contribution >= 0.6 is 0 Å². The lowest BCUT2D eigenvalue weighted by molar-refractivity contribution is -0.150. The van der Waals surface area contributed by atoms with Crippen LogP contribution in [0.5, 0.6) is 5.75 Å². The Morgan fingerprint density at radius 3 is 2.53 bits per heavy atom. The summed E-state index contributed by atoms with van der Waals surface area (Å²) in [5.74, 6) is 2.85. The van der Waals surface area contributed by atoms with Gasteiger partial charge in [-0.3, -0.25) is 5.32 Å². The van der Waals surface area contributed by atoms with E-state index >= 15 is 0 Å². The van der Waals surface area contributed by atoms with E-state index in [4.69, 9.17) is 15.9 Å².